The van der Waals surface area contributed by atoms with Crippen LogP contribution in [0, 0.1) is 17.1 Å². The molecular weight excluding hydrogens is 333 g/mol. The molecule has 132 valence electrons. The Morgan fingerprint density at radius 3 is 2.77 bits per heavy atom. The highest BCUT2D eigenvalue weighted by Gasteiger charge is 2.22. The van der Waals surface area contributed by atoms with Crippen molar-refractivity contribution < 1.29 is 18.7 Å². The van der Waals surface area contributed by atoms with Gasteiger partial charge in [0.15, 0.2) is 0 Å². The smallest absolute Gasteiger partial charge is 0.203 e. The number of fused-ring (bicyclic) bond motifs is 1. The van der Waals surface area contributed by atoms with E-state index in [1.807, 2.05) is 26.0 Å². The minimum Gasteiger partial charge on any atom is -0.493 e. The van der Waals surface area contributed by atoms with Crippen LogP contribution in [0.3, 0.4) is 0 Å². The molecule has 0 amide bonds. The van der Waals surface area contributed by atoms with Crippen molar-refractivity contribution in [3.63, 3.8) is 0 Å². The van der Waals surface area contributed by atoms with Crippen molar-refractivity contribution in [2.24, 2.45) is 0 Å². The fourth-order valence-electron chi connectivity index (χ4n) is 2.91. The first-order chi connectivity index (χ1) is 12.5. The number of nitrogens with zero attached hydrogens (tertiary/aromatic N) is 1. The first-order valence-corrected chi connectivity index (χ1v) is 8.40. The molecule has 0 fully saturated rings. The molecule has 0 radical (unpaired) electrons. The summed E-state index contributed by atoms with van der Waals surface area (Å²) in [6, 6.07) is 10.7. The lowest BCUT2D eigenvalue weighted by molar-refractivity contribution is 0.104. The quantitative estimate of drug-likeness (QED) is 0.457. The minimum atomic E-state index is -0.468. The van der Waals surface area contributed by atoms with Gasteiger partial charge in [-0.3, -0.25) is 4.79 Å². The zero-order valence-electron chi connectivity index (χ0n) is 14.6. The minimum absolute atomic E-state index is 0.0523. The molecule has 0 saturated carbocycles. The highest BCUT2D eigenvalue weighted by Crippen LogP contribution is 2.36. The molecule has 0 N–H and O–H groups in total. The molecule has 4 nitrogen and oxygen atoms in total. The van der Waals surface area contributed by atoms with Gasteiger partial charge in [0.25, 0.3) is 0 Å². The van der Waals surface area contributed by atoms with Gasteiger partial charge < -0.3 is 9.47 Å². The Labute approximate surface area is 151 Å². The molecule has 0 unspecified atom stereocenters. The second-order valence-corrected chi connectivity index (χ2v) is 6.07. The normalized spacial score (nSPS) is 15.8. The Balaban J connectivity index is 2.01. The van der Waals surface area contributed by atoms with E-state index < -0.39 is 11.6 Å². The van der Waals surface area contributed by atoms with E-state index in [0.717, 1.165) is 17.7 Å². The third-order valence-electron chi connectivity index (χ3n) is 4.10. The Morgan fingerprint density at radius 2 is 2.12 bits per heavy atom. The number of carbonyl (C=O) groups is 1. The summed E-state index contributed by atoms with van der Waals surface area (Å²) in [7, 11) is 0. The number of benzene rings is 2. The van der Waals surface area contributed by atoms with Crippen molar-refractivity contribution in [3.05, 3.63) is 64.5 Å². The van der Waals surface area contributed by atoms with Gasteiger partial charge in [0.1, 0.15) is 35.1 Å². The van der Waals surface area contributed by atoms with Gasteiger partial charge in [0, 0.05) is 23.1 Å². The summed E-state index contributed by atoms with van der Waals surface area (Å²) in [5.41, 5.74) is 1.85. The predicted octanol–water partition coefficient (Wildman–Crippen LogP) is 4.34. The Morgan fingerprint density at radius 1 is 1.38 bits per heavy atom. The first-order valence-electron chi connectivity index (χ1n) is 8.40. The lowest BCUT2D eigenvalue weighted by Gasteiger charge is -2.10. The molecule has 26 heavy (non-hydrogen) atoms. The lowest BCUT2D eigenvalue weighted by Crippen LogP contribution is -2.05. The number of ketones is 1. The number of nitriles is 1. The van der Waals surface area contributed by atoms with Gasteiger partial charge in [-0.2, -0.15) is 5.26 Å². The third kappa shape index (κ3) is 3.60. The van der Waals surface area contributed by atoms with Crippen molar-refractivity contribution in [2.75, 3.05) is 6.61 Å². The molecule has 1 heterocycles. The number of allylic oxidation sites excluding steroid dienone is 1. The standard InChI is InChI=1S/C21H18FNO3/c1-3-25-19-10-15-8-13(2)26-20(15)11-16(19)9-17(12-23)21(24)14-4-6-18(22)7-5-14/h4-7,9-11,13H,3,8H2,1-2H3/b17-9+/t13-/m1/s1. The Hall–Kier alpha value is -3.13. The van der Waals surface area contributed by atoms with Crippen LogP contribution in [0.4, 0.5) is 4.39 Å². The predicted molar refractivity (Wildman–Crippen MR) is 95.7 cm³/mol. The van der Waals surface area contributed by atoms with Crippen LogP contribution >= 0.6 is 0 Å². The monoisotopic (exact) mass is 351 g/mol. The van der Waals surface area contributed by atoms with Crippen molar-refractivity contribution in [3.8, 4) is 17.6 Å². The maximum Gasteiger partial charge on any atom is 0.203 e. The van der Waals surface area contributed by atoms with Crippen LogP contribution in [0.5, 0.6) is 11.5 Å². The van der Waals surface area contributed by atoms with Gasteiger partial charge in [-0.15, -0.1) is 0 Å². The van der Waals surface area contributed by atoms with E-state index >= 15 is 0 Å². The molecule has 0 saturated heterocycles. The molecular formula is C21H18FNO3. The fourth-order valence-corrected chi connectivity index (χ4v) is 2.91. The van der Waals surface area contributed by atoms with Gasteiger partial charge in [-0.25, -0.2) is 4.39 Å². The van der Waals surface area contributed by atoms with Crippen molar-refractivity contribution in [2.45, 2.75) is 26.4 Å². The molecule has 0 aromatic heterocycles. The highest BCUT2D eigenvalue weighted by molar-refractivity contribution is 6.14. The molecule has 3 rings (SSSR count). The molecule has 0 spiro atoms. The van der Waals surface area contributed by atoms with Crippen molar-refractivity contribution >= 4 is 11.9 Å². The largest absolute Gasteiger partial charge is 0.493 e. The van der Waals surface area contributed by atoms with Crippen LogP contribution in [-0.4, -0.2) is 18.5 Å². The van der Waals surface area contributed by atoms with Crippen LogP contribution in [0.25, 0.3) is 6.08 Å². The second kappa shape index (κ2) is 7.40. The number of hydrogen-bond acceptors (Lipinski definition) is 4. The zero-order valence-corrected chi connectivity index (χ0v) is 14.6. The topological polar surface area (TPSA) is 59.3 Å². The van der Waals surface area contributed by atoms with Gasteiger partial charge in [0.05, 0.1) is 6.61 Å². The van der Waals surface area contributed by atoms with Crippen LogP contribution in [0.15, 0.2) is 42.0 Å². The van der Waals surface area contributed by atoms with E-state index in [1.165, 1.54) is 30.3 Å². The summed E-state index contributed by atoms with van der Waals surface area (Å²) in [6.45, 7) is 4.31. The van der Waals surface area contributed by atoms with E-state index in [-0.39, 0.29) is 17.2 Å². The zero-order chi connectivity index (χ0) is 18.7. The van der Waals surface area contributed by atoms with E-state index in [9.17, 15) is 14.4 Å². The number of carbonyl (C=O) groups excluding carboxylic acids is 1. The summed E-state index contributed by atoms with van der Waals surface area (Å²) >= 11 is 0. The average molecular weight is 351 g/mol. The number of ether oxygens (including phenoxy) is 2. The van der Waals surface area contributed by atoms with Crippen molar-refractivity contribution in [1.29, 1.82) is 5.26 Å². The summed E-state index contributed by atoms with van der Waals surface area (Å²) in [5, 5.41) is 9.44. The van der Waals surface area contributed by atoms with Gasteiger partial charge in [0.2, 0.25) is 5.78 Å². The van der Waals surface area contributed by atoms with E-state index in [2.05, 4.69) is 0 Å². The number of rotatable bonds is 5. The maximum atomic E-state index is 13.1. The molecule has 0 bridgehead atoms. The lowest BCUT2D eigenvalue weighted by atomic mass is 10.00. The highest BCUT2D eigenvalue weighted by atomic mass is 19.1. The first kappa shape index (κ1) is 17.7. The van der Waals surface area contributed by atoms with Gasteiger partial charge in [-0.05, 0) is 56.3 Å². The van der Waals surface area contributed by atoms with Gasteiger partial charge >= 0.3 is 0 Å². The number of hydrogen-bond donors (Lipinski definition) is 0. The van der Waals surface area contributed by atoms with Crippen LogP contribution in [0.2, 0.25) is 0 Å². The molecule has 1 aliphatic rings. The van der Waals surface area contributed by atoms with Crippen LogP contribution in [-0.2, 0) is 6.42 Å². The summed E-state index contributed by atoms with van der Waals surface area (Å²) in [4.78, 5) is 12.6. The summed E-state index contributed by atoms with van der Waals surface area (Å²) < 4.78 is 24.5. The summed E-state index contributed by atoms with van der Waals surface area (Å²) in [5.74, 6) is 0.430. The number of halogens is 1. The average Bonchev–Trinajstić information content (AvgIpc) is 2.98. The molecule has 2 aromatic carbocycles. The molecule has 0 aliphatic carbocycles. The maximum absolute atomic E-state index is 13.1. The third-order valence-corrected chi connectivity index (χ3v) is 4.10. The van der Waals surface area contributed by atoms with Crippen LogP contribution < -0.4 is 9.47 Å². The molecule has 1 atom stereocenters. The van der Waals surface area contributed by atoms with E-state index in [0.29, 0.717) is 17.9 Å². The molecule has 5 heteroatoms. The molecule has 2 aromatic rings. The second-order valence-electron chi connectivity index (χ2n) is 6.07. The van der Waals surface area contributed by atoms with E-state index in [4.69, 9.17) is 9.47 Å². The Kier molecular flexibility index (Phi) is 5.04. The van der Waals surface area contributed by atoms with Gasteiger partial charge in [-0.1, -0.05) is 0 Å². The summed E-state index contributed by atoms with van der Waals surface area (Å²) in [6.07, 6.45) is 2.36. The molecule has 1 aliphatic heterocycles. The van der Waals surface area contributed by atoms with Crippen molar-refractivity contribution in [1.82, 2.24) is 0 Å². The van der Waals surface area contributed by atoms with Crippen LogP contribution in [0.1, 0.15) is 35.3 Å². The SMILES string of the molecule is CCOc1cc2c(cc1/C=C(\C#N)C(=O)c1ccc(F)cc1)O[C@H](C)C2. The fraction of sp³-hybridized carbons (Fsp3) is 0.238. The number of Topliss-reactive ketones (excluding diaryl/α,β-unsaturated/α-hetero) is 1. The Bertz CT molecular complexity index is 910. The van der Waals surface area contributed by atoms with E-state index in [1.54, 1.807) is 6.07 Å².